The quantitative estimate of drug-likeness (QED) is 0.0823. The van der Waals surface area contributed by atoms with Crippen LogP contribution in [0.15, 0.2) is 0 Å². The summed E-state index contributed by atoms with van der Waals surface area (Å²) in [5, 5.41) is 0. The first kappa shape index (κ1) is 36.3. The standard InChI is InChI=1S/2C9H21O2PS2.Zn/c2*1-4-5-7-10-12(13,14)11-8-6-9(2)3;/h2*9H,4-8H2,1-3H3,(H,13,14);/q;;+2/p-2. The molecule has 0 unspecified atom stereocenters. The minimum atomic E-state index is -2.36. The van der Waals surface area contributed by atoms with Crippen molar-refractivity contribution >= 4 is 61.2 Å². The molecule has 29 heavy (non-hydrogen) atoms. The van der Waals surface area contributed by atoms with Crippen LogP contribution in [0.4, 0.5) is 0 Å². The molecule has 0 aliphatic carbocycles. The van der Waals surface area contributed by atoms with Crippen molar-refractivity contribution in [3.8, 4) is 0 Å². The largest absolute Gasteiger partial charge is 2.00 e. The first-order chi connectivity index (χ1) is 13.0. The molecule has 0 aromatic heterocycles. The Balaban J connectivity index is -0.000000451. The second kappa shape index (κ2) is 22.5. The van der Waals surface area contributed by atoms with Crippen LogP contribution in [0.1, 0.15) is 80.1 Å². The predicted octanol–water partition coefficient (Wildman–Crippen LogP) is 7.27. The number of unbranched alkanes of at least 4 members (excludes halogenated alkanes) is 2. The van der Waals surface area contributed by atoms with Gasteiger partial charge in [-0.1, -0.05) is 54.4 Å². The maximum absolute atomic E-state index is 5.41. The Kier molecular flexibility index (Phi) is 28.2. The molecule has 0 bridgehead atoms. The van der Waals surface area contributed by atoms with Crippen LogP contribution < -0.4 is 0 Å². The van der Waals surface area contributed by atoms with E-state index in [0.717, 1.165) is 38.5 Å². The van der Waals surface area contributed by atoms with E-state index in [2.05, 4.69) is 41.5 Å². The van der Waals surface area contributed by atoms with E-state index in [1.165, 1.54) is 0 Å². The molecule has 0 aromatic carbocycles. The van der Waals surface area contributed by atoms with Crippen molar-refractivity contribution in [1.29, 1.82) is 0 Å². The minimum absolute atomic E-state index is 0. The van der Waals surface area contributed by atoms with E-state index >= 15 is 0 Å². The van der Waals surface area contributed by atoms with Crippen molar-refractivity contribution < 1.29 is 37.6 Å². The summed E-state index contributed by atoms with van der Waals surface area (Å²) >= 11 is 20.4. The van der Waals surface area contributed by atoms with E-state index in [4.69, 9.17) is 67.1 Å². The van der Waals surface area contributed by atoms with Gasteiger partial charge in [0.25, 0.3) is 0 Å². The van der Waals surface area contributed by atoms with E-state index in [9.17, 15) is 0 Å². The van der Waals surface area contributed by atoms with Gasteiger partial charge in [-0.05, 0) is 37.5 Å². The van der Waals surface area contributed by atoms with Gasteiger partial charge in [-0.25, -0.2) is 0 Å². The molecule has 0 fully saturated rings. The molecular formula is C18H40O4P2S4Zn. The molecule has 0 N–H and O–H groups in total. The van der Waals surface area contributed by atoms with Gasteiger partial charge in [-0.3, -0.25) is 18.1 Å². The van der Waals surface area contributed by atoms with Gasteiger partial charge in [0.2, 0.25) is 0 Å². The van der Waals surface area contributed by atoms with Gasteiger partial charge in [-0.15, -0.1) is 0 Å². The Morgan fingerprint density at radius 2 is 0.862 bits per heavy atom. The fourth-order valence-electron chi connectivity index (χ4n) is 1.52. The molecule has 0 aliphatic heterocycles. The van der Waals surface area contributed by atoms with Gasteiger partial charge in [0.1, 0.15) is 0 Å². The summed E-state index contributed by atoms with van der Waals surface area (Å²) in [6.45, 7) is 15.3. The Hall–Kier alpha value is 2.72. The second-order valence-electron chi connectivity index (χ2n) is 7.30. The molecular weight excluding hydrogens is 536 g/mol. The Labute approximate surface area is 215 Å². The fraction of sp³-hybridized carbons (Fsp3) is 1.00. The van der Waals surface area contributed by atoms with Crippen molar-refractivity contribution in [2.24, 2.45) is 11.8 Å². The van der Waals surface area contributed by atoms with Crippen molar-refractivity contribution in [1.82, 2.24) is 0 Å². The third-order valence-corrected chi connectivity index (χ3v) is 7.91. The third kappa shape index (κ3) is 30.7. The molecule has 0 aromatic rings. The molecule has 0 atom stereocenters. The second-order valence-corrected chi connectivity index (χ2v) is 17.3. The zero-order valence-electron chi connectivity index (χ0n) is 19.1. The van der Waals surface area contributed by atoms with Gasteiger partial charge in [0.05, 0.1) is 26.4 Å². The maximum Gasteiger partial charge on any atom is 2.00 e. The first-order valence-corrected chi connectivity index (χ1v) is 17.5. The summed E-state index contributed by atoms with van der Waals surface area (Å²) in [6.07, 6.45) is 1.45. The summed E-state index contributed by atoms with van der Waals surface area (Å²) in [5.74, 6) is 1.24. The first-order valence-electron chi connectivity index (χ1n) is 10.2. The molecule has 0 spiro atoms. The van der Waals surface area contributed by atoms with E-state index in [-0.39, 0.29) is 19.5 Å². The van der Waals surface area contributed by atoms with E-state index in [1.54, 1.807) is 0 Å². The van der Waals surface area contributed by atoms with Gasteiger partial charge < -0.3 is 49.0 Å². The SMILES string of the molecule is CCCCO[P+]([S-])([S-])OCCC(C)C.CCCCO[P+]([S-])([S-])OCCC(C)C.[Zn+2]. The van der Waals surface area contributed by atoms with Gasteiger partial charge in [0.15, 0.2) is 0 Å². The van der Waals surface area contributed by atoms with Crippen molar-refractivity contribution in [3.05, 3.63) is 0 Å². The van der Waals surface area contributed by atoms with Crippen LogP contribution >= 0.6 is 12.2 Å². The molecule has 172 valence electrons. The summed E-state index contributed by atoms with van der Waals surface area (Å²) in [5.41, 5.74) is 0. The average molecular weight is 576 g/mol. The molecule has 0 heterocycles. The van der Waals surface area contributed by atoms with Crippen LogP contribution in [0.5, 0.6) is 0 Å². The molecule has 0 aliphatic rings. The van der Waals surface area contributed by atoms with Crippen LogP contribution in [-0.2, 0) is 86.6 Å². The monoisotopic (exact) mass is 574 g/mol. The van der Waals surface area contributed by atoms with Crippen molar-refractivity contribution in [2.45, 2.75) is 80.1 Å². The number of hydrogen-bond donors (Lipinski definition) is 0. The summed E-state index contributed by atoms with van der Waals surface area (Å²) < 4.78 is 21.6. The average Bonchev–Trinajstić information content (AvgIpc) is 2.54. The zero-order valence-corrected chi connectivity index (χ0v) is 27.1. The summed E-state index contributed by atoms with van der Waals surface area (Å²) in [6, 6.07) is 0. The van der Waals surface area contributed by atoms with Crippen molar-refractivity contribution in [3.63, 3.8) is 0 Å². The molecule has 0 saturated carbocycles. The van der Waals surface area contributed by atoms with E-state index < -0.39 is 12.2 Å². The predicted molar refractivity (Wildman–Crippen MR) is 136 cm³/mol. The van der Waals surface area contributed by atoms with Crippen molar-refractivity contribution in [2.75, 3.05) is 26.4 Å². The zero-order chi connectivity index (χ0) is 22.1. The van der Waals surface area contributed by atoms with E-state index in [0.29, 0.717) is 38.3 Å². The van der Waals surface area contributed by atoms with Gasteiger partial charge in [-0.2, -0.15) is 0 Å². The van der Waals surface area contributed by atoms with Gasteiger partial charge in [0, 0.05) is 12.2 Å². The Morgan fingerprint density at radius 3 is 1.10 bits per heavy atom. The normalized spacial score (nSPS) is 12.0. The Morgan fingerprint density at radius 1 is 0.586 bits per heavy atom. The molecule has 0 amide bonds. The van der Waals surface area contributed by atoms with Crippen LogP contribution in [0.2, 0.25) is 0 Å². The van der Waals surface area contributed by atoms with Gasteiger partial charge >= 0.3 is 19.5 Å². The molecule has 0 rings (SSSR count). The maximum atomic E-state index is 5.41. The van der Waals surface area contributed by atoms with Crippen LogP contribution in [-0.4, -0.2) is 26.4 Å². The summed E-state index contributed by atoms with van der Waals surface area (Å²) in [7, 11) is 0. The smallest absolute Gasteiger partial charge is 0.516 e. The number of rotatable bonds is 16. The fourth-order valence-corrected chi connectivity index (χ4v) is 4.82. The molecule has 4 nitrogen and oxygen atoms in total. The molecule has 0 saturated heterocycles. The number of hydrogen-bond acceptors (Lipinski definition) is 8. The topological polar surface area (TPSA) is 36.9 Å². The van der Waals surface area contributed by atoms with Crippen LogP contribution in [0.25, 0.3) is 0 Å². The van der Waals surface area contributed by atoms with Crippen LogP contribution in [0.3, 0.4) is 0 Å². The Bertz CT molecular complexity index is 324. The molecule has 11 heteroatoms. The van der Waals surface area contributed by atoms with Crippen LogP contribution in [0, 0.1) is 11.8 Å². The summed E-state index contributed by atoms with van der Waals surface area (Å²) in [4.78, 5) is 0. The minimum Gasteiger partial charge on any atom is -0.516 e. The van der Waals surface area contributed by atoms with E-state index in [1.807, 2.05) is 0 Å². The third-order valence-electron chi connectivity index (χ3n) is 3.38. The molecule has 0 radical (unpaired) electrons.